The molecule has 0 aromatic carbocycles. The number of hydrogen-bond acceptors (Lipinski definition) is 3. The molecule has 0 unspecified atom stereocenters. The Kier molecular flexibility index (Phi) is 1.65. The van der Waals surface area contributed by atoms with Gasteiger partial charge in [-0.15, -0.1) is 0 Å². The van der Waals surface area contributed by atoms with E-state index in [4.69, 9.17) is 16.3 Å². The first-order valence-corrected chi connectivity index (χ1v) is 5.09. The van der Waals surface area contributed by atoms with Gasteiger partial charge in [0.1, 0.15) is 0 Å². The summed E-state index contributed by atoms with van der Waals surface area (Å²) in [7, 11) is 0. The summed E-state index contributed by atoms with van der Waals surface area (Å²) in [4.78, 5) is 23.1. The largest absolute Gasteiger partial charge is 0.449 e. The van der Waals surface area contributed by atoms with Crippen molar-refractivity contribution in [2.75, 3.05) is 0 Å². The first kappa shape index (κ1) is 9.97. The molecule has 0 N–H and O–H groups in total. The van der Waals surface area contributed by atoms with Crippen LogP contribution in [0.3, 0.4) is 0 Å². The van der Waals surface area contributed by atoms with Crippen LogP contribution in [0.2, 0.25) is 0 Å². The van der Waals surface area contributed by atoms with Gasteiger partial charge in [-0.25, -0.2) is 0 Å². The van der Waals surface area contributed by atoms with Gasteiger partial charge in [0, 0.05) is 5.41 Å². The zero-order valence-electron chi connectivity index (χ0n) is 8.52. The van der Waals surface area contributed by atoms with Crippen molar-refractivity contribution in [2.45, 2.75) is 39.2 Å². The van der Waals surface area contributed by atoms with Crippen molar-refractivity contribution in [1.82, 2.24) is 0 Å². The molecular weight excluding hydrogens is 204 g/mol. The molecule has 3 nitrogen and oxygen atoms in total. The number of ether oxygens (including phenoxy) is 1. The molecule has 0 aromatic rings. The molecule has 14 heavy (non-hydrogen) atoms. The summed E-state index contributed by atoms with van der Waals surface area (Å²) in [5.74, 6) is -0.289. The SMILES string of the molecule is CC1(C)[C@]2(C)CC[C@]1(C(=O)Cl)OC2=O. The van der Waals surface area contributed by atoms with E-state index < -0.39 is 21.7 Å². The average Bonchev–Trinajstić information content (AvgIpc) is 2.34. The highest BCUT2D eigenvalue weighted by Gasteiger charge is 2.75. The van der Waals surface area contributed by atoms with E-state index in [1.807, 2.05) is 20.8 Å². The van der Waals surface area contributed by atoms with Crippen LogP contribution in [0, 0.1) is 10.8 Å². The highest BCUT2D eigenvalue weighted by Crippen LogP contribution is 2.66. The molecule has 4 heteroatoms. The maximum atomic E-state index is 11.6. The van der Waals surface area contributed by atoms with E-state index in [1.54, 1.807) is 0 Å². The van der Waals surface area contributed by atoms with Crippen molar-refractivity contribution in [1.29, 1.82) is 0 Å². The van der Waals surface area contributed by atoms with Crippen LogP contribution in [0.15, 0.2) is 0 Å². The fourth-order valence-electron chi connectivity index (χ4n) is 2.69. The maximum Gasteiger partial charge on any atom is 0.313 e. The molecule has 78 valence electrons. The van der Waals surface area contributed by atoms with E-state index in [9.17, 15) is 9.59 Å². The number of carbonyl (C=O) groups excluding carboxylic acids is 2. The fraction of sp³-hybridized carbons (Fsp3) is 0.800. The molecule has 0 radical (unpaired) electrons. The molecular formula is C10H13ClO3. The van der Waals surface area contributed by atoms with Gasteiger partial charge in [-0.3, -0.25) is 9.59 Å². The van der Waals surface area contributed by atoms with Crippen LogP contribution in [-0.2, 0) is 14.3 Å². The van der Waals surface area contributed by atoms with E-state index in [0.29, 0.717) is 12.8 Å². The van der Waals surface area contributed by atoms with Gasteiger partial charge in [-0.1, -0.05) is 13.8 Å². The van der Waals surface area contributed by atoms with Gasteiger partial charge in [0.25, 0.3) is 5.24 Å². The lowest BCUT2D eigenvalue weighted by molar-refractivity contribution is -0.164. The highest BCUT2D eigenvalue weighted by atomic mass is 35.5. The van der Waals surface area contributed by atoms with Gasteiger partial charge in [0.2, 0.25) is 0 Å². The van der Waals surface area contributed by atoms with Gasteiger partial charge in [-0.05, 0) is 31.4 Å². The zero-order valence-corrected chi connectivity index (χ0v) is 9.27. The third-order valence-electron chi connectivity index (χ3n) is 4.40. The summed E-state index contributed by atoms with van der Waals surface area (Å²) in [5.41, 5.74) is -2.14. The Hall–Kier alpha value is -0.570. The second kappa shape index (κ2) is 2.32. The Bertz CT molecular complexity index is 336. The second-order valence-electron chi connectivity index (χ2n) is 4.95. The molecule has 0 amide bonds. The summed E-state index contributed by atoms with van der Waals surface area (Å²) in [6.45, 7) is 5.61. The van der Waals surface area contributed by atoms with Crippen LogP contribution in [-0.4, -0.2) is 16.8 Å². The first-order chi connectivity index (χ1) is 6.28. The average molecular weight is 217 g/mol. The number of fused-ring (bicyclic) bond motifs is 2. The molecule has 0 aromatic heterocycles. The van der Waals surface area contributed by atoms with Gasteiger partial charge in [0.15, 0.2) is 5.60 Å². The molecule has 1 heterocycles. The van der Waals surface area contributed by atoms with Crippen molar-refractivity contribution in [3.63, 3.8) is 0 Å². The van der Waals surface area contributed by atoms with E-state index in [1.165, 1.54) is 0 Å². The molecule has 1 aliphatic heterocycles. The minimum atomic E-state index is -1.08. The second-order valence-corrected chi connectivity index (χ2v) is 5.29. The van der Waals surface area contributed by atoms with E-state index in [2.05, 4.69) is 0 Å². The van der Waals surface area contributed by atoms with Crippen LogP contribution in [0.4, 0.5) is 0 Å². The minimum absolute atomic E-state index is 0.289. The molecule has 2 bridgehead atoms. The van der Waals surface area contributed by atoms with Gasteiger partial charge >= 0.3 is 5.97 Å². The van der Waals surface area contributed by atoms with E-state index in [0.717, 1.165) is 0 Å². The van der Waals surface area contributed by atoms with Crippen LogP contribution in [0.1, 0.15) is 33.6 Å². The van der Waals surface area contributed by atoms with Crippen LogP contribution >= 0.6 is 11.6 Å². The predicted molar refractivity (Wildman–Crippen MR) is 50.8 cm³/mol. The molecule has 2 rings (SSSR count). The van der Waals surface area contributed by atoms with Crippen LogP contribution in [0.25, 0.3) is 0 Å². The third-order valence-corrected chi connectivity index (χ3v) is 4.71. The summed E-state index contributed by atoms with van der Waals surface area (Å²) >= 11 is 5.56. The number of rotatable bonds is 1. The molecule has 2 fully saturated rings. The van der Waals surface area contributed by atoms with Gasteiger partial charge in [-0.2, -0.15) is 0 Å². The predicted octanol–water partition coefficient (Wildman–Crippen LogP) is 1.87. The minimum Gasteiger partial charge on any atom is -0.449 e. The monoisotopic (exact) mass is 216 g/mol. The molecule has 0 spiro atoms. The Balaban J connectivity index is 2.60. The zero-order chi connectivity index (χ0) is 10.8. The summed E-state index contributed by atoms with van der Waals surface area (Å²) in [6.07, 6.45) is 1.22. The van der Waals surface area contributed by atoms with Crippen LogP contribution < -0.4 is 0 Å². The number of esters is 1. The summed E-state index contributed by atoms with van der Waals surface area (Å²) < 4.78 is 5.21. The van der Waals surface area contributed by atoms with E-state index >= 15 is 0 Å². The number of carbonyl (C=O) groups is 2. The van der Waals surface area contributed by atoms with Gasteiger partial charge in [0.05, 0.1) is 5.41 Å². The van der Waals surface area contributed by atoms with Crippen LogP contribution in [0.5, 0.6) is 0 Å². The normalized spacial score (nSPS) is 43.9. The number of halogens is 1. The Morgan fingerprint density at radius 2 is 1.93 bits per heavy atom. The quantitative estimate of drug-likeness (QED) is 0.497. The lowest BCUT2D eigenvalue weighted by atomic mass is 9.67. The summed E-state index contributed by atoms with van der Waals surface area (Å²) in [5, 5.41) is -0.544. The van der Waals surface area contributed by atoms with Gasteiger partial charge < -0.3 is 4.74 Å². The molecule has 2 aliphatic rings. The van der Waals surface area contributed by atoms with Crippen molar-refractivity contribution < 1.29 is 14.3 Å². The van der Waals surface area contributed by atoms with Crippen molar-refractivity contribution in [2.24, 2.45) is 10.8 Å². The first-order valence-electron chi connectivity index (χ1n) is 4.71. The lowest BCUT2D eigenvalue weighted by Gasteiger charge is -2.33. The Morgan fingerprint density at radius 3 is 2.14 bits per heavy atom. The summed E-state index contributed by atoms with van der Waals surface area (Å²) in [6, 6.07) is 0. The van der Waals surface area contributed by atoms with Crippen molar-refractivity contribution in [3.05, 3.63) is 0 Å². The topological polar surface area (TPSA) is 43.4 Å². The Morgan fingerprint density at radius 1 is 1.36 bits per heavy atom. The maximum absolute atomic E-state index is 11.6. The van der Waals surface area contributed by atoms with E-state index in [-0.39, 0.29) is 5.97 Å². The standard InChI is InChI=1S/C10H13ClO3/c1-8(2)9(3)4-5-10(8,6(11)12)14-7(9)13/h4-5H2,1-3H3/t9-,10-/m1/s1. The van der Waals surface area contributed by atoms with Crippen molar-refractivity contribution >= 4 is 22.8 Å². The smallest absolute Gasteiger partial charge is 0.313 e. The van der Waals surface area contributed by atoms with Crippen molar-refractivity contribution in [3.8, 4) is 0 Å². The molecule has 1 saturated carbocycles. The highest BCUT2D eigenvalue weighted by molar-refractivity contribution is 6.65. The Labute approximate surface area is 87.8 Å². The molecule has 2 atom stereocenters. The fourth-order valence-corrected chi connectivity index (χ4v) is 3.06. The lowest BCUT2D eigenvalue weighted by Crippen LogP contribution is -2.45. The number of hydrogen-bond donors (Lipinski definition) is 0. The molecule has 1 saturated heterocycles. The third kappa shape index (κ3) is 0.724. The molecule has 1 aliphatic carbocycles.